The Bertz CT molecular complexity index is 1950. The number of hydrogen-bond donors (Lipinski definition) is 4. The van der Waals surface area contributed by atoms with Gasteiger partial charge in [0.05, 0.1) is 66.8 Å². The molecule has 0 aliphatic carbocycles. The molecular formula is C31H33BrN4O9. The summed E-state index contributed by atoms with van der Waals surface area (Å²) < 4.78 is 93.5. The van der Waals surface area contributed by atoms with Crippen LogP contribution in [0.4, 0.5) is 11.4 Å². The lowest BCUT2D eigenvalue weighted by molar-refractivity contribution is -0.126. The highest BCUT2D eigenvalue weighted by Crippen LogP contribution is 2.45. The summed E-state index contributed by atoms with van der Waals surface area (Å²) in [6.45, 7) is 3.48. The minimum atomic E-state index is -3.27. The molecule has 4 amide bonds. The summed E-state index contributed by atoms with van der Waals surface area (Å²) >= 11 is 3.06. The van der Waals surface area contributed by atoms with Gasteiger partial charge in [-0.25, -0.2) is 0 Å². The van der Waals surface area contributed by atoms with Crippen LogP contribution < -0.4 is 40.2 Å². The summed E-state index contributed by atoms with van der Waals surface area (Å²) in [5.41, 5.74) is 0.665. The van der Waals surface area contributed by atoms with Gasteiger partial charge in [-0.2, -0.15) is 0 Å². The lowest BCUT2D eigenvalue weighted by atomic mass is 10.1. The number of carbonyl (C=O) groups is 4. The first-order valence-corrected chi connectivity index (χ1v) is 13.8. The molecule has 1 aliphatic rings. The third kappa shape index (κ3) is 7.46. The van der Waals surface area contributed by atoms with Crippen LogP contribution in [0.2, 0.25) is 0 Å². The molecule has 4 N–H and O–H groups in total. The van der Waals surface area contributed by atoms with Gasteiger partial charge in [0.15, 0.2) is 17.2 Å². The lowest BCUT2D eigenvalue weighted by Gasteiger charge is -2.19. The first-order chi connectivity index (χ1) is 24.9. The van der Waals surface area contributed by atoms with Gasteiger partial charge in [0, 0.05) is 7.11 Å². The second-order valence-electron chi connectivity index (χ2n) is 9.73. The molecule has 1 unspecified atom stereocenters. The number of hydrogen-bond acceptors (Lipinski definition) is 9. The number of anilines is 2. The minimum Gasteiger partial charge on any atom is -0.493 e. The Labute approximate surface area is 280 Å². The maximum atomic E-state index is 14.0. The minimum absolute atomic E-state index is 0.112. The molecule has 14 heteroatoms. The SMILES string of the molecule is [2H]C([2H])([2H])Oc1cc(C(=O)Nc2cc3c(cc2Oc2cc(C)cc(C)c2)C(=O)NC(CC(=O)NCOC)C(=O)N3)c(Br)c(OC([2H])([2H])[2H])c1OC([2H])([2H])[2H]. The quantitative estimate of drug-likeness (QED) is 0.215. The molecule has 4 rings (SSSR count). The molecule has 3 aromatic carbocycles. The van der Waals surface area contributed by atoms with Crippen molar-refractivity contribution in [1.82, 2.24) is 10.6 Å². The fourth-order valence-electron chi connectivity index (χ4n) is 4.46. The molecule has 0 bridgehead atoms. The summed E-state index contributed by atoms with van der Waals surface area (Å²) in [6.07, 6.45) is -0.443. The summed E-state index contributed by atoms with van der Waals surface area (Å²) in [5, 5.41) is 10.00. The monoisotopic (exact) mass is 693 g/mol. The maximum Gasteiger partial charge on any atom is 0.257 e. The lowest BCUT2D eigenvalue weighted by Crippen LogP contribution is -2.44. The van der Waals surface area contributed by atoms with E-state index in [4.69, 9.17) is 36.0 Å². The van der Waals surface area contributed by atoms with Crippen molar-refractivity contribution in [3.63, 3.8) is 0 Å². The van der Waals surface area contributed by atoms with Crippen molar-refractivity contribution in [3.8, 4) is 28.7 Å². The van der Waals surface area contributed by atoms with Crippen LogP contribution in [-0.4, -0.2) is 64.6 Å². The molecule has 0 fully saturated rings. The topological polar surface area (TPSA) is 163 Å². The van der Waals surface area contributed by atoms with Crippen molar-refractivity contribution in [1.29, 1.82) is 0 Å². The van der Waals surface area contributed by atoms with Gasteiger partial charge in [0.1, 0.15) is 18.5 Å². The van der Waals surface area contributed by atoms with Crippen LogP contribution in [-0.2, 0) is 14.3 Å². The zero-order chi connectivity index (χ0) is 40.3. The Kier molecular flexibility index (Phi) is 7.20. The van der Waals surface area contributed by atoms with E-state index in [0.29, 0.717) is 0 Å². The predicted molar refractivity (Wildman–Crippen MR) is 169 cm³/mol. The van der Waals surface area contributed by atoms with Crippen molar-refractivity contribution < 1.29 is 55.2 Å². The van der Waals surface area contributed by atoms with Crippen LogP contribution >= 0.6 is 15.9 Å². The predicted octanol–water partition coefficient (Wildman–Crippen LogP) is 4.30. The highest BCUT2D eigenvalue weighted by Gasteiger charge is 2.31. The van der Waals surface area contributed by atoms with Crippen LogP contribution in [0.3, 0.4) is 0 Å². The van der Waals surface area contributed by atoms with E-state index in [1.165, 1.54) is 19.2 Å². The molecule has 0 saturated heterocycles. The van der Waals surface area contributed by atoms with Gasteiger partial charge < -0.3 is 45.0 Å². The summed E-state index contributed by atoms with van der Waals surface area (Å²) in [4.78, 5) is 53.0. The highest BCUT2D eigenvalue weighted by molar-refractivity contribution is 9.10. The Hall–Kier alpha value is -4.82. The number of methoxy groups -OCH3 is 4. The second kappa shape index (κ2) is 14.3. The normalized spacial score (nSPS) is 17.7. The number of aryl methyl sites for hydroxylation is 2. The number of ether oxygens (including phenoxy) is 5. The Morgan fingerprint density at radius 2 is 1.67 bits per heavy atom. The molecule has 45 heavy (non-hydrogen) atoms. The van der Waals surface area contributed by atoms with E-state index < -0.39 is 84.5 Å². The zero-order valence-corrected chi connectivity index (χ0v) is 25.6. The van der Waals surface area contributed by atoms with Crippen molar-refractivity contribution in [3.05, 3.63) is 63.1 Å². The third-order valence-electron chi connectivity index (χ3n) is 6.42. The third-order valence-corrected chi connectivity index (χ3v) is 7.21. The number of halogens is 1. The zero-order valence-electron chi connectivity index (χ0n) is 33.0. The standard InChI is InChI=1S/C31H33BrN4O9/c1-15-7-16(2)9-17(8-15)45-23-10-18-20(34-31(40)22(36-29(18)38)13-25(37)33-14-41-3)12-21(23)35-30(39)19-11-24(42-4)27(43-5)28(44-6)26(19)32/h7-12,22H,13-14H2,1-6H3,(H,33,37)(H,34,40)(H,35,39)(H,36,38)/i4D3,5D3,6D3. The fraction of sp³-hybridized carbons (Fsp3) is 0.290. The molecule has 1 aliphatic heterocycles. The summed E-state index contributed by atoms with van der Waals surface area (Å²) in [5.74, 6) is -5.87. The van der Waals surface area contributed by atoms with E-state index in [9.17, 15) is 19.2 Å². The molecule has 1 heterocycles. The Morgan fingerprint density at radius 1 is 0.956 bits per heavy atom. The summed E-state index contributed by atoms with van der Waals surface area (Å²) in [7, 11) is -8.44. The van der Waals surface area contributed by atoms with Gasteiger partial charge in [-0.3, -0.25) is 19.2 Å². The largest absolute Gasteiger partial charge is 0.493 e. The number of rotatable bonds is 11. The first-order valence-electron chi connectivity index (χ1n) is 17.5. The van der Waals surface area contributed by atoms with E-state index in [1.807, 2.05) is 6.07 Å². The van der Waals surface area contributed by atoms with Gasteiger partial charge in [0.2, 0.25) is 17.6 Å². The van der Waals surface area contributed by atoms with Crippen molar-refractivity contribution in [2.45, 2.75) is 26.3 Å². The Balaban J connectivity index is 1.86. The average molecular weight is 695 g/mol. The Morgan fingerprint density at radius 3 is 2.36 bits per heavy atom. The first kappa shape index (κ1) is 22.7. The van der Waals surface area contributed by atoms with Crippen molar-refractivity contribution in [2.24, 2.45) is 0 Å². The number of benzene rings is 3. The van der Waals surface area contributed by atoms with E-state index in [2.05, 4.69) is 37.2 Å². The highest BCUT2D eigenvalue weighted by atomic mass is 79.9. The molecule has 3 aromatic rings. The second-order valence-corrected chi connectivity index (χ2v) is 10.5. The van der Waals surface area contributed by atoms with Crippen LogP contribution in [0.25, 0.3) is 0 Å². The molecule has 13 nitrogen and oxygen atoms in total. The van der Waals surface area contributed by atoms with Crippen LogP contribution in [0.15, 0.2) is 40.9 Å². The number of carbonyl (C=O) groups excluding carboxylic acids is 4. The van der Waals surface area contributed by atoms with Gasteiger partial charge >= 0.3 is 0 Å². The maximum absolute atomic E-state index is 14.0. The fourth-order valence-corrected chi connectivity index (χ4v) is 5.02. The van der Waals surface area contributed by atoms with Gasteiger partial charge in [-0.15, -0.1) is 0 Å². The molecule has 0 spiro atoms. The summed E-state index contributed by atoms with van der Waals surface area (Å²) in [6, 6.07) is 7.07. The van der Waals surface area contributed by atoms with E-state index in [-0.39, 0.29) is 35.2 Å². The van der Waals surface area contributed by atoms with E-state index in [1.54, 1.807) is 26.0 Å². The van der Waals surface area contributed by atoms with Crippen molar-refractivity contribution >= 4 is 50.9 Å². The van der Waals surface area contributed by atoms with Crippen molar-refractivity contribution in [2.75, 3.05) is 45.6 Å². The molecule has 0 saturated carbocycles. The molecular weight excluding hydrogens is 652 g/mol. The molecule has 0 radical (unpaired) electrons. The molecule has 238 valence electrons. The smallest absolute Gasteiger partial charge is 0.257 e. The van der Waals surface area contributed by atoms with E-state index >= 15 is 0 Å². The van der Waals surface area contributed by atoms with Crippen LogP contribution in [0, 0.1) is 13.8 Å². The number of amides is 4. The van der Waals surface area contributed by atoms with Gasteiger partial charge in [0.25, 0.3) is 11.8 Å². The average Bonchev–Trinajstić information content (AvgIpc) is 3.11. The van der Waals surface area contributed by atoms with Crippen LogP contribution in [0.5, 0.6) is 28.7 Å². The molecule has 1 atom stereocenters. The van der Waals surface area contributed by atoms with E-state index in [0.717, 1.165) is 17.2 Å². The van der Waals surface area contributed by atoms with Gasteiger partial charge in [-0.1, -0.05) is 6.07 Å². The van der Waals surface area contributed by atoms with Crippen LogP contribution in [0.1, 0.15) is 50.6 Å². The van der Waals surface area contributed by atoms with Gasteiger partial charge in [-0.05, 0) is 71.2 Å². The molecule has 0 aromatic heterocycles. The number of nitrogens with one attached hydrogen (secondary N) is 4. The number of fused-ring (bicyclic) bond motifs is 1.